The minimum absolute atomic E-state index is 0.135. The molecule has 0 fully saturated rings. The molecule has 0 atom stereocenters. The van der Waals surface area contributed by atoms with E-state index >= 15 is 0 Å². The predicted molar refractivity (Wildman–Crippen MR) is 80.4 cm³/mol. The van der Waals surface area contributed by atoms with Gasteiger partial charge in [0.25, 0.3) is 11.7 Å². The Hall–Kier alpha value is -1.72. The van der Waals surface area contributed by atoms with Gasteiger partial charge in [-0.3, -0.25) is 9.59 Å². The molecule has 21 heavy (non-hydrogen) atoms. The molecule has 0 saturated carbocycles. The van der Waals surface area contributed by atoms with Crippen molar-refractivity contribution >= 4 is 29.0 Å². The molecule has 1 aliphatic rings. The SMILES string of the molecule is C=C(CNC(C)C)CN1C(=O)C(=O)c2cc(Cl)c(F)cc21. The van der Waals surface area contributed by atoms with Crippen LogP contribution in [0.4, 0.5) is 10.1 Å². The van der Waals surface area contributed by atoms with Gasteiger partial charge in [0.1, 0.15) is 5.82 Å². The molecule has 6 heteroatoms. The molecular weight excluding hydrogens is 295 g/mol. The van der Waals surface area contributed by atoms with Crippen molar-refractivity contribution in [2.45, 2.75) is 19.9 Å². The van der Waals surface area contributed by atoms with Crippen molar-refractivity contribution in [3.05, 3.63) is 40.7 Å². The van der Waals surface area contributed by atoms with E-state index < -0.39 is 17.5 Å². The number of ketones is 1. The summed E-state index contributed by atoms with van der Waals surface area (Å²) in [6.45, 7) is 8.54. The number of benzene rings is 1. The van der Waals surface area contributed by atoms with Gasteiger partial charge in [-0.25, -0.2) is 4.39 Å². The first-order chi connectivity index (χ1) is 9.81. The van der Waals surface area contributed by atoms with Crippen molar-refractivity contribution in [3.8, 4) is 0 Å². The van der Waals surface area contributed by atoms with Crippen molar-refractivity contribution in [1.29, 1.82) is 0 Å². The summed E-state index contributed by atoms with van der Waals surface area (Å²) >= 11 is 5.66. The lowest BCUT2D eigenvalue weighted by molar-refractivity contribution is -0.114. The van der Waals surface area contributed by atoms with Crippen LogP contribution in [-0.4, -0.2) is 30.8 Å². The highest BCUT2D eigenvalue weighted by molar-refractivity contribution is 6.52. The van der Waals surface area contributed by atoms with E-state index in [2.05, 4.69) is 11.9 Å². The largest absolute Gasteiger partial charge is 0.311 e. The Labute approximate surface area is 127 Å². The van der Waals surface area contributed by atoms with Crippen LogP contribution >= 0.6 is 11.6 Å². The number of fused-ring (bicyclic) bond motifs is 1. The first kappa shape index (κ1) is 15.7. The van der Waals surface area contributed by atoms with Gasteiger partial charge in [-0.1, -0.05) is 32.0 Å². The zero-order valence-electron chi connectivity index (χ0n) is 11.9. The fourth-order valence-electron chi connectivity index (χ4n) is 2.07. The van der Waals surface area contributed by atoms with E-state index in [0.29, 0.717) is 6.54 Å². The van der Waals surface area contributed by atoms with Gasteiger partial charge >= 0.3 is 0 Å². The highest BCUT2D eigenvalue weighted by atomic mass is 35.5. The number of nitrogens with zero attached hydrogens (tertiary/aromatic N) is 1. The van der Waals surface area contributed by atoms with Crippen LogP contribution in [0.5, 0.6) is 0 Å². The lowest BCUT2D eigenvalue weighted by Crippen LogP contribution is -2.34. The molecule has 0 spiro atoms. The molecule has 0 bridgehead atoms. The third-order valence-electron chi connectivity index (χ3n) is 3.16. The summed E-state index contributed by atoms with van der Waals surface area (Å²) in [5.41, 5.74) is 1.11. The number of rotatable bonds is 5. The minimum Gasteiger partial charge on any atom is -0.311 e. The Morgan fingerprint density at radius 1 is 1.43 bits per heavy atom. The molecule has 1 aromatic rings. The Balaban J connectivity index is 2.23. The molecule has 1 aromatic carbocycles. The molecule has 1 amide bonds. The average Bonchev–Trinajstić information content (AvgIpc) is 2.63. The van der Waals surface area contributed by atoms with Crippen molar-refractivity contribution < 1.29 is 14.0 Å². The lowest BCUT2D eigenvalue weighted by Gasteiger charge is -2.19. The number of nitrogens with one attached hydrogen (secondary N) is 1. The standard InChI is InChI=1S/C15H16ClFN2O2/c1-8(2)18-6-9(3)7-19-13-5-12(17)11(16)4-10(13)14(20)15(19)21/h4-5,8,18H,3,6-7H2,1-2H3. The van der Waals surface area contributed by atoms with Gasteiger partial charge in [-0.15, -0.1) is 0 Å². The van der Waals surface area contributed by atoms with Gasteiger partial charge < -0.3 is 10.2 Å². The fourth-order valence-corrected chi connectivity index (χ4v) is 2.24. The van der Waals surface area contributed by atoms with E-state index in [1.54, 1.807) is 0 Å². The van der Waals surface area contributed by atoms with Crippen molar-refractivity contribution in [1.82, 2.24) is 5.32 Å². The molecule has 1 heterocycles. The quantitative estimate of drug-likeness (QED) is 0.672. The van der Waals surface area contributed by atoms with Crippen LogP contribution in [0.25, 0.3) is 0 Å². The molecule has 0 aliphatic carbocycles. The van der Waals surface area contributed by atoms with E-state index in [-0.39, 0.29) is 28.9 Å². The van der Waals surface area contributed by atoms with E-state index in [0.717, 1.165) is 11.6 Å². The van der Waals surface area contributed by atoms with Crippen LogP contribution in [0.1, 0.15) is 24.2 Å². The fraction of sp³-hybridized carbons (Fsp3) is 0.333. The molecule has 0 radical (unpaired) electrons. The van der Waals surface area contributed by atoms with Crippen LogP contribution < -0.4 is 10.2 Å². The third kappa shape index (κ3) is 3.14. The monoisotopic (exact) mass is 310 g/mol. The summed E-state index contributed by atoms with van der Waals surface area (Å²) < 4.78 is 13.6. The number of hydrogen-bond acceptors (Lipinski definition) is 3. The molecular formula is C15H16ClFN2O2. The van der Waals surface area contributed by atoms with Gasteiger partial charge in [0.2, 0.25) is 0 Å². The Morgan fingerprint density at radius 2 is 2.10 bits per heavy atom. The highest BCUT2D eigenvalue weighted by Crippen LogP contribution is 2.33. The number of Topliss-reactive ketones (excluding diaryl/α,β-unsaturated/α-hetero) is 1. The zero-order chi connectivity index (χ0) is 15.7. The maximum Gasteiger partial charge on any atom is 0.299 e. The van der Waals surface area contributed by atoms with Gasteiger partial charge in [-0.2, -0.15) is 0 Å². The molecule has 1 N–H and O–H groups in total. The van der Waals surface area contributed by atoms with Crippen LogP contribution in [0.15, 0.2) is 24.3 Å². The molecule has 1 aliphatic heterocycles. The normalized spacial score (nSPS) is 14.0. The molecule has 0 saturated heterocycles. The number of carbonyl (C=O) groups is 2. The summed E-state index contributed by atoms with van der Waals surface area (Å²) in [5.74, 6) is -2.01. The van der Waals surface area contributed by atoms with Gasteiger partial charge in [0, 0.05) is 19.1 Å². The summed E-state index contributed by atoms with van der Waals surface area (Å²) in [6.07, 6.45) is 0. The van der Waals surface area contributed by atoms with Gasteiger partial charge in [-0.05, 0) is 17.7 Å². The summed E-state index contributed by atoms with van der Waals surface area (Å²) in [6, 6.07) is 2.59. The van der Waals surface area contributed by atoms with Crippen molar-refractivity contribution in [2.75, 3.05) is 18.0 Å². The number of amides is 1. The Morgan fingerprint density at radius 3 is 2.71 bits per heavy atom. The van der Waals surface area contributed by atoms with E-state index in [1.165, 1.54) is 11.0 Å². The van der Waals surface area contributed by atoms with Gasteiger partial charge in [0.15, 0.2) is 0 Å². The maximum atomic E-state index is 13.6. The lowest BCUT2D eigenvalue weighted by atomic mass is 10.1. The van der Waals surface area contributed by atoms with Crippen LogP contribution in [-0.2, 0) is 4.79 Å². The minimum atomic E-state index is -0.683. The third-order valence-corrected chi connectivity index (χ3v) is 3.45. The van der Waals surface area contributed by atoms with Crippen molar-refractivity contribution in [3.63, 3.8) is 0 Å². The molecule has 112 valence electrons. The molecule has 0 aromatic heterocycles. The maximum absolute atomic E-state index is 13.6. The summed E-state index contributed by atoms with van der Waals surface area (Å²) in [7, 11) is 0. The number of hydrogen-bond donors (Lipinski definition) is 1. The number of anilines is 1. The Kier molecular flexibility index (Phi) is 4.44. The zero-order valence-corrected chi connectivity index (χ0v) is 12.6. The number of halogens is 2. The van der Waals surface area contributed by atoms with Crippen LogP contribution in [0.2, 0.25) is 5.02 Å². The second-order valence-corrected chi connectivity index (χ2v) is 5.70. The second-order valence-electron chi connectivity index (χ2n) is 5.29. The average molecular weight is 311 g/mol. The van der Waals surface area contributed by atoms with E-state index in [1.807, 2.05) is 13.8 Å². The number of carbonyl (C=O) groups excluding carboxylic acids is 2. The molecule has 4 nitrogen and oxygen atoms in total. The van der Waals surface area contributed by atoms with Crippen molar-refractivity contribution in [2.24, 2.45) is 0 Å². The summed E-state index contributed by atoms with van der Waals surface area (Å²) in [5, 5.41) is 3.00. The van der Waals surface area contributed by atoms with Gasteiger partial charge in [0.05, 0.1) is 16.3 Å². The van der Waals surface area contributed by atoms with Crippen LogP contribution in [0.3, 0.4) is 0 Å². The molecule has 2 rings (SSSR count). The Bertz CT molecular complexity index is 628. The predicted octanol–water partition coefficient (Wildman–Crippen LogP) is 2.56. The molecule has 0 unspecified atom stereocenters. The van der Waals surface area contributed by atoms with E-state index in [4.69, 9.17) is 11.6 Å². The first-order valence-electron chi connectivity index (χ1n) is 6.56. The van der Waals surface area contributed by atoms with Crippen LogP contribution in [0, 0.1) is 5.82 Å². The summed E-state index contributed by atoms with van der Waals surface area (Å²) in [4.78, 5) is 25.1. The first-order valence-corrected chi connectivity index (χ1v) is 6.94. The topological polar surface area (TPSA) is 49.4 Å². The highest BCUT2D eigenvalue weighted by Gasteiger charge is 2.36. The second kappa shape index (κ2) is 5.95. The van der Waals surface area contributed by atoms with E-state index in [9.17, 15) is 14.0 Å². The smallest absolute Gasteiger partial charge is 0.299 e.